The Morgan fingerprint density at radius 1 is 1.05 bits per heavy atom. The van der Waals surface area contributed by atoms with Crippen LogP contribution in [0.2, 0.25) is 0 Å². The molecule has 0 fully saturated rings. The van der Waals surface area contributed by atoms with E-state index in [0.29, 0.717) is 17.9 Å². The second-order valence-electron chi connectivity index (χ2n) is 4.74. The Bertz CT molecular complexity index is 561. The van der Waals surface area contributed by atoms with Crippen LogP contribution in [-0.4, -0.2) is 0 Å². The Balaban J connectivity index is 2.14. The van der Waals surface area contributed by atoms with E-state index in [4.69, 9.17) is 10.5 Å². The van der Waals surface area contributed by atoms with Crippen molar-refractivity contribution in [3.8, 4) is 5.75 Å². The molecular formula is C16H18FNO. The van der Waals surface area contributed by atoms with E-state index in [1.165, 1.54) is 23.3 Å². The van der Waals surface area contributed by atoms with E-state index in [1.54, 1.807) is 6.07 Å². The summed E-state index contributed by atoms with van der Waals surface area (Å²) in [6.45, 7) is 4.83. The van der Waals surface area contributed by atoms with Gasteiger partial charge in [0.2, 0.25) is 0 Å². The minimum Gasteiger partial charge on any atom is -0.489 e. The summed E-state index contributed by atoms with van der Waals surface area (Å²) in [4.78, 5) is 0. The van der Waals surface area contributed by atoms with Crippen LogP contribution in [-0.2, 0) is 13.2 Å². The molecule has 0 atom stereocenters. The minimum absolute atomic E-state index is 0.264. The Kier molecular flexibility index (Phi) is 4.17. The molecule has 0 aliphatic carbocycles. The van der Waals surface area contributed by atoms with Crippen molar-refractivity contribution in [3.05, 3.63) is 64.5 Å². The average Bonchev–Trinajstić information content (AvgIpc) is 2.36. The molecule has 0 radical (unpaired) electrons. The van der Waals surface area contributed by atoms with Crippen LogP contribution in [0.15, 0.2) is 36.4 Å². The first-order valence-corrected chi connectivity index (χ1v) is 6.27. The van der Waals surface area contributed by atoms with E-state index >= 15 is 0 Å². The zero-order valence-electron chi connectivity index (χ0n) is 11.2. The summed E-state index contributed by atoms with van der Waals surface area (Å²) in [6, 6.07) is 10.7. The number of hydrogen-bond acceptors (Lipinski definition) is 2. The van der Waals surface area contributed by atoms with Crippen LogP contribution in [0.25, 0.3) is 0 Å². The molecule has 2 aromatic carbocycles. The van der Waals surface area contributed by atoms with Crippen LogP contribution < -0.4 is 10.5 Å². The van der Waals surface area contributed by atoms with Crippen LogP contribution in [0.1, 0.15) is 22.3 Å². The number of halogens is 1. The molecule has 0 amide bonds. The number of benzene rings is 2. The lowest BCUT2D eigenvalue weighted by atomic mass is 10.1. The Morgan fingerprint density at radius 2 is 1.74 bits per heavy atom. The van der Waals surface area contributed by atoms with Crippen LogP contribution >= 0.6 is 0 Å². The zero-order valence-corrected chi connectivity index (χ0v) is 11.2. The molecule has 19 heavy (non-hydrogen) atoms. The number of aryl methyl sites for hydroxylation is 2. The number of hydrogen-bond donors (Lipinski definition) is 1. The van der Waals surface area contributed by atoms with Gasteiger partial charge in [0.1, 0.15) is 18.2 Å². The van der Waals surface area contributed by atoms with Gasteiger partial charge in [0.05, 0.1) is 0 Å². The number of ether oxygens (including phenoxy) is 1. The monoisotopic (exact) mass is 259 g/mol. The predicted octanol–water partition coefficient (Wildman–Crippen LogP) is 3.48. The van der Waals surface area contributed by atoms with Gasteiger partial charge in [-0.05, 0) is 37.6 Å². The molecule has 0 unspecified atom stereocenters. The Morgan fingerprint density at radius 3 is 2.37 bits per heavy atom. The van der Waals surface area contributed by atoms with Gasteiger partial charge in [0, 0.05) is 12.1 Å². The average molecular weight is 259 g/mol. The second kappa shape index (κ2) is 5.85. The molecule has 0 aliphatic rings. The summed E-state index contributed by atoms with van der Waals surface area (Å²) in [7, 11) is 0. The Labute approximate surface area is 113 Å². The number of nitrogens with two attached hydrogens (primary N) is 1. The van der Waals surface area contributed by atoms with Gasteiger partial charge in [0.25, 0.3) is 0 Å². The third kappa shape index (κ3) is 3.55. The maximum Gasteiger partial charge on any atom is 0.124 e. The standard InChI is InChI=1S/C16H18FNO/c1-11-5-12(2)7-13(6-11)10-19-16-4-3-15(17)8-14(16)9-18/h3-8H,9-10,18H2,1-2H3. The molecular weight excluding hydrogens is 241 g/mol. The second-order valence-corrected chi connectivity index (χ2v) is 4.74. The van der Waals surface area contributed by atoms with Gasteiger partial charge in [-0.2, -0.15) is 0 Å². The van der Waals surface area contributed by atoms with Crippen molar-refractivity contribution in [2.75, 3.05) is 0 Å². The van der Waals surface area contributed by atoms with Crippen molar-refractivity contribution in [1.29, 1.82) is 0 Å². The van der Waals surface area contributed by atoms with Crippen molar-refractivity contribution >= 4 is 0 Å². The first-order chi connectivity index (χ1) is 9.08. The molecule has 0 saturated carbocycles. The molecule has 0 spiro atoms. The maximum atomic E-state index is 13.1. The first kappa shape index (κ1) is 13.6. The predicted molar refractivity (Wildman–Crippen MR) is 74.5 cm³/mol. The van der Waals surface area contributed by atoms with Crippen molar-refractivity contribution in [2.45, 2.75) is 27.0 Å². The highest BCUT2D eigenvalue weighted by molar-refractivity contribution is 5.34. The fraction of sp³-hybridized carbons (Fsp3) is 0.250. The molecule has 2 N–H and O–H groups in total. The van der Waals surface area contributed by atoms with Gasteiger partial charge in [-0.3, -0.25) is 0 Å². The summed E-state index contributed by atoms with van der Waals surface area (Å²) in [6.07, 6.45) is 0. The van der Waals surface area contributed by atoms with Crippen LogP contribution in [0.5, 0.6) is 5.75 Å². The summed E-state index contributed by atoms with van der Waals surface area (Å²) in [5.41, 5.74) is 9.79. The third-order valence-electron chi connectivity index (χ3n) is 2.92. The molecule has 2 aromatic rings. The Hall–Kier alpha value is -1.87. The molecule has 0 bridgehead atoms. The van der Waals surface area contributed by atoms with Crippen LogP contribution in [0.4, 0.5) is 4.39 Å². The van der Waals surface area contributed by atoms with E-state index in [1.807, 2.05) is 0 Å². The highest BCUT2D eigenvalue weighted by Gasteiger charge is 2.05. The van der Waals surface area contributed by atoms with E-state index in [0.717, 1.165) is 5.56 Å². The zero-order chi connectivity index (χ0) is 13.8. The van der Waals surface area contributed by atoms with Crippen molar-refractivity contribution in [3.63, 3.8) is 0 Å². The molecule has 100 valence electrons. The van der Waals surface area contributed by atoms with Crippen molar-refractivity contribution in [2.24, 2.45) is 5.73 Å². The first-order valence-electron chi connectivity index (χ1n) is 6.27. The summed E-state index contributed by atoms with van der Waals surface area (Å²) in [5.74, 6) is 0.349. The van der Waals surface area contributed by atoms with Crippen LogP contribution in [0, 0.1) is 19.7 Å². The van der Waals surface area contributed by atoms with E-state index in [-0.39, 0.29) is 12.4 Å². The summed E-state index contributed by atoms with van der Waals surface area (Å²) in [5, 5.41) is 0. The molecule has 3 heteroatoms. The maximum absolute atomic E-state index is 13.1. The topological polar surface area (TPSA) is 35.2 Å². The smallest absolute Gasteiger partial charge is 0.124 e. The van der Waals surface area contributed by atoms with Gasteiger partial charge >= 0.3 is 0 Å². The van der Waals surface area contributed by atoms with Gasteiger partial charge in [0.15, 0.2) is 0 Å². The minimum atomic E-state index is -0.292. The molecule has 0 heterocycles. The molecule has 0 saturated heterocycles. The molecule has 0 aliphatic heterocycles. The number of rotatable bonds is 4. The quantitative estimate of drug-likeness (QED) is 0.912. The fourth-order valence-corrected chi connectivity index (χ4v) is 2.16. The lowest BCUT2D eigenvalue weighted by Gasteiger charge is -2.11. The highest BCUT2D eigenvalue weighted by atomic mass is 19.1. The third-order valence-corrected chi connectivity index (χ3v) is 2.92. The lowest BCUT2D eigenvalue weighted by Crippen LogP contribution is -2.03. The normalized spacial score (nSPS) is 10.5. The van der Waals surface area contributed by atoms with Gasteiger partial charge < -0.3 is 10.5 Å². The van der Waals surface area contributed by atoms with Crippen molar-refractivity contribution in [1.82, 2.24) is 0 Å². The van der Waals surface area contributed by atoms with Gasteiger partial charge in [-0.15, -0.1) is 0 Å². The lowest BCUT2D eigenvalue weighted by molar-refractivity contribution is 0.302. The van der Waals surface area contributed by atoms with Gasteiger partial charge in [-0.1, -0.05) is 29.3 Å². The largest absolute Gasteiger partial charge is 0.489 e. The molecule has 2 nitrogen and oxygen atoms in total. The summed E-state index contributed by atoms with van der Waals surface area (Å²) >= 11 is 0. The summed E-state index contributed by atoms with van der Waals surface area (Å²) < 4.78 is 18.8. The SMILES string of the molecule is Cc1cc(C)cc(COc2ccc(F)cc2CN)c1. The fourth-order valence-electron chi connectivity index (χ4n) is 2.16. The van der Waals surface area contributed by atoms with Crippen molar-refractivity contribution < 1.29 is 9.13 Å². The van der Waals surface area contributed by atoms with Gasteiger partial charge in [-0.25, -0.2) is 4.39 Å². The van der Waals surface area contributed by atoms with E-state index in [2.05, 4.69) is 32.0 Å². The van der Waals surface area contributed by atoms with E-state index in [9.17, 15) is 4.39 Å². The van der Waals surface area contributed by atoms with E-state index < -0.39 is 0 Å². The molecule has 0 aromatic heterocycles. The van der Waals surface area contributed by atoms with Crippen LogP contribution in [0.3, 0.4) is 0 Å². The highest BCUT2D eigenvalue weighted by Crippen LogP contribution is 2.21. The molecule has 2 rings (SSSR count).